The van der Waals surface area contributed by atoms with E-state index < -0.39 is 0 Å². The molecule has 0 atom stereocenters. The minimum Gasteiger partial charge on any atom is -0.380 e. The summed E-state index contributed by atoms with van der Waals surface area (Å²) in [6, 6.07) is 7.83. The van der Waals surface area contributed by atoms with Crippen LogP contribution in [0.3, 0.4) is 0 Å². The molecule has 66 valence electrons. The van der Waals surface area contributed by atoms with Crippen molar-refractivity contribution >= 4 is 0 Å². The standard InChI is InChI=1S/C9H13NO2/c1-12-7-9-5-3-2-4-8(9)6-10-11/h2-5,10-11H,6-7H2,1H3. The summed E-state index contributed by atoms with van der Waals surface area (Å²) < 4.78 is 5.01. The molecule has 3 nitrogen and oxygen atoms in total. The minimum atomic E-state index is 0.458. The third kappa shape index (κ3) is 2.30. The fraction of sp³-hybridized carbons (Fsp3) is 0.333. The highest BCUT2D eigenvalue weighted by Crippen LogP contribution is 2.08. The summed E-state index contributed by atoms with van der Waals surface area (Å²) in [5.41, 5.74) is 4.28. The van der Waals surface area contributed by atoms with Gasteiger partial charge < -0.3 is 9.94 Å². The summed E-state index contributed by atoms with van der Waals surface area (Å²) in [6.07, 6.45) is 0. The van der Waals surface area contributed by atoms with Crippen molar-refractivity contribution in [2.45, 2.75) is 13.2 Å². The van der Waals surface area contributed by atoms with E-state index in [1.54, 1.807) is 7.11 Å². The molecule has 12 heavy (non-hydrogen) atoms. The summed E-state index contributed by atoms with van der Waals surface area (Å²) in [6.45, 7) is 1.04. The minimum absolute atomic E-state index is 0.458. The van der Waals surface area contributed by atoms with E-state index in [4.69, 9.17) is 9.94 Å². The van der Waals surface area contributed by atoms with Gasteiger partial charge in [0, 0.05) is 13.7 Å². The molecule has 0 unspecified atom stereocenters. The molecular formula is C9H13NO2. The molecule has 0 aliphatic heterocycles. The number of hydrogen-bond donors (Lipinski definition) is 2. The normalized spacial score (nSPS) is 10.2. The SMILES string of the molecule is COCc1ccccc1CNO. The molecule has 0 saturated carbocycles. The van der Waals surface area contributed by atoms with Crippen molar-refractivity contribution in [3.05, 3.63) is 35.4 Å². The van der Waals surface area contributed by atoms with Crippen LogP contribution in [0.5, 0.6) is 0 Å². The first-order chi connectivity index (χ1) is 5.88. The van der Waals surface area contributed by atoms with Crippen molar-refractivity contribution in [3.63, 3.8) is 0 Å². The van der Waals surface area contributed by atoms with Crippen molar-refractivity contribution < 1.29 is 9.94 Å². The van der Waals surface area contributed by atoms with Gasteiger partial charge in [-0.15, -0.1) is 0 Å². The number of hydroxylamine groups is 1. The Labute approximate surface area is 71.9 Å². The van der Waals surface area contributed by atoms with E-state index in [1.165, 1.54) is 0 Å². The lowest BCUT2D eigenvalue weighted by Crippen LogP contribution is -2.08. The molecule has 0 radical (unpaired) electrons. The average Bonchev–Trinajstić information content (AvgIpc) is 2.09. The fourth-order valence-electron chi connectivity index (χ4n) is 1.11. The van der Waals surface area contributed by atoms with Crippen molar-refractivity contribution in [2.75, 3.05) is 7.11 Å². The number of hydrogen-bond acceptors (Lipinski definition) is 3. The van der Waals surface area contributed by atoms with Gasteiger partial charge in [-0.05, 0) is 11.1 Å². The molecule has 0 heterocycles. The molecule has 0 spiro atoms. The zero-order valence-corrected chi connectivity index (χ0v) is 7.08. The highest BCUT2D eigenvalue weighted by molar-refractivity contribution is 5.26. The maximum Gasteiger partial charge on any atom is 0.0716 e. The van der Waals surface area contributed by atoms with Gasteiger partial charge in [0.05, 0.1) is 6.61 Å². The molecule has 0 amide bonds. The van der Waals surface area contributed by atoms with Gasteiger partial charge in [0.1, 0.15) is 0 Å². The molecule has 1 aromatic rings. The predicted molar refractivity (Wildman–Crippen MR) is 45.8 cm³/mol. The largest absolute Gasteiger partial charge is 0.380 e. The Hall–Kier alpha value is -0.900. The van der Waals surface area contributed by atoms with Crippen LogP contribution in [0.1, 0.15) is 11.1 Å². The van der Waals surface area contributed by atoms with Crippen LogP contribution in [-0.4, -0.2) is 12.3 Å². The quantitative estimate of drug-likeness (QED) is 0.664. The maximum atomic E-state index is 8.52. The number of ether oxygens (including phenoxy) is 1. The zero-order valence-electron chi connectivity index (χ0n) is 7.08. The third-order valence-corrected chi connectivity index (χ3v) is 1.69. The Bertz CT molecular complexity index is 213. The van der Waals surface area contributed by atoms with Gasteiger partial charge >= 0.3 is 0 Å². The monoisotopic (exact) mass is 167 g/mol. The fourth-order valence-corrected chi connectivity index (χ4v) is 1.11. The van der Waals surface area contributed by atoms with Crippen molar-refractivity contribution in [2.24, 2.45) is 0 Å². The maximum absolute atomic E-state index is 8.52. The second kappa shape index (κ2) is 4.87. The molecule has 0 fully saturated rings. The molecule has 0 saturated heterocycles. The smallest absolute Gasteiger partial charge is 0.0716 e. The van der Waals surface area contributed by atoms with E-state index in [0.717, 1.165) is 11.1 Å². The van der Waals surface area contributed by atoms with Crippen molar-refractivity contribution in [1.29, 1.82) is 0 Å². The second-order valence-corrected chi connectivity index (χ2v) is 2.54. The van der Waals surface area contributed by atoms with Crippen molar-refractivity contribution in [3.8, 4) is 0 Å². The summed E-state index contributed by atoms with van der Waals surface area (Å²) in [7, 11) is 1.66. The van der Waals surface area contributed by atoms with Gasteiger partial charge in [-0.25, -0.2) is 5.48 Å². The van der Waals surface area contributed by atoms with Crippen LogP contribution in [0.2, 0.25) is 0 Å². The van der Waals surface area contributed by atoms with Crippen LogP contribution in [0, 0.1) is 0 Å². The van der Waals surface area contributed by atoms with Gasteiger partial charge in [-0.3, -0.25) is 0 Å². The van der Waals surface area contributed by atoms with Crippen LogP contribution >= 0.6 is 0 Å². The van der Waals surface area contributed by atoms with E-state index in [1.807, 2.05) is 24.3 Å². The summed E-state index contributed by atoms with van der Waals surface area (Å²) in [4.78, 5) is 0. The van der Waals surface area contributed by atoms with E-state index in [0.29, 0.717) is 13.2 Å². The van der Waals surface area contributed by atoms with Gasteiger partial charge in [-0.2, -0.15) is 0 Å². The van der Waals surface area contributed by atoms with E-state index in [9.17, 15) is 0 Å². The topological polar surface area (TPSA) is 41.5 Å². The first kappa shape index (κ1) is 9.19. The molecule has 1 aromatic carbocycles. The predicted octanol–water partition coefficient (Wildman–Crippen LogP) is 1.31. The Morgan fingerprint density at radius 3 is 2.58 bits per heavy atom. The molecule has 2 N–H and O–H groups in total. The van der Waals surface area contributed by atoms with E-state index in [-0.39, 0.29) is 0 Å². The lowest BCUT2D eigenvalue weighted by Gasteiger charge is -2.06. The highest BCUT2D eigenvalue weighted by atomic mass is 16.5. The van der Waals surface area contributed by atoms with E-state index >= 15 is 0 Å². The number of nitrogens with one attached hydrogen (secondary N) is 1. The van der Waals surface area contributed by atoms with Crippen molar-refractivity contribution in [1.82, 2.24) is 5.48 Å². The van der Waals surface area contributed by atoms with E-state index in [2.05, 4.69) is 5.48 Å². The number of methoxy groups -OCH3 is 1. The summed E-state index contributed by atoms with van der Waals surface area (Å²) in [5, 5.41) is 8.52. The van der Waals surface area contributed by atoms with Crippen LogP contribution in [-0.2, 0) is 17.9 Å². The first-order valence-electron chi connectivity index (χ1n) is 3.81. The molecule has 3 heteroatoms. The summed E-state index contributed by atoms with van der Waals surface area (Å²) >= 11 is 0. The molecule has 1 rings (SSSR count). The lowest BCUT2D eigenvalue weighted by atomic mass is 10.1. The number of benzene rings is 1. The highest BCUT2D eigenvalue weighted by Gasteiger charge is 1.98. The first-order valence-corrected chi connectivity index (χ1v) is 3.81. The lowest BCUT2D eigenvalue weighted by molar-refractivity contribution is 0.157. The Morgan fingerprint density at radius 2 is 2.00 bits per heavy atom. The average molecular weight is 167 g/mol. The molecular weight excluding hydrogens is 154 g/mol. The third-order valence-electron chi connectivity index (χ3n) is 1.69. The summed E-state index contributed by atoms with van der Waals surface area (Å²) in [5.74, 6) is 0. The van der Waals surface area contributed by atoms with Crippen LogP contribution in [0.25, 0.3) is 0 Å². The molecule has 0 aliphatic carbocycles. The second-order valence-electron chi connectivity index (χ2n) is 2.54. The Kier molecular flexibility index (Phi) is 3.73. The van der Waals surface area contributed by atoms with Gasteiger partial charge in [0.15, 0.2) is 0 Å². The molecule has 0 aromatic heterocycles. The zero-order chi connectivity index (χ0) is 8.81. The Balaban J connectivity index is 2.77. The van der Waals surface area contributed by atoms with Crippen LogP contribution in [0.15, 0.2) is 24.3 Å². The van der Waals surface area contributed by atoms with Gasteiger partial charge in [0.2, 0.25) is 0 Å². The molecule has 0 aliphatic rings. The Morgan fingerprint density at radius 1 is 1.33 bits per heavy atom. The van der Waals surface area contributed by atoms with Gasteiger partial charge in [-0.1, -0.05) is 24.3 Å². The van der Waals surface area contributed by atoms with Crippen LogP contribution < -0.4 is 5.48 Å². The van der Waals surface area contributed by atoms with Gasteiger partial charge in [0.25, 0.3) is 0 Å². The van der Waals surface area contributed by atoms with Crippen LogP contribution in [0.4, 0.5) is 0 Å². The molecule has 0 bridgehead atoms. The number of rotatable bonds is 4.